The number of anilines is 3. The van der Waals surface area contributed by atoms with Gasteiger partial charge in [-0.3, -0.25) is 4.90 Å². The fourth-order valence-electron chi connectivity index (χ4n) is 4.48. The number of aryl methyl sites for hydroxylation is 1. The molecule has 0 bridgehead atoms. The third kappa shape index (κ3) is 5.51. The summed E-state index contributed by atoms with van der Waals surface area (Å²) in [5.41, 5.74) is 1.70. The van der Waals surface area contributed by atoms with Crippen LogP contribution < -0.4 is 10.2 Å². The van der Waals surface area contributed by atoms with Crippen LogP contribution in [0.4, 0.5) is 26.2 Å². The van der Waals surface area contributed by atoms with Gasteiger partial charge in [0.2, 0.25) is 5.95 Å². The van der Waals surface area contributed by atoms with Crippen LogP contribution >= 0.6 is 0 Å². The molecule has 10 heteroatoms. The second-order valence-corrected chi connectivity index (χ2v) is 8.99. The van der Waals surface area contributed by atoms with Crippen LogP contribution in [0.1, 0.15) is 41.8 Å². The van der Waals surface area contributed by atoms with Crippen molar-refractivity contribution in [3.05, 3.63) is 70.8 Å². The number of benzene rings is 2. The second-order valence-electron chi connectivity index (χ2n) is 8.99. The average Bonchev–Trinajstić information content (AvgIpc) is 2.89. The first-order valence-electron chi connectivity index (χ1n) is 12.6. The number of nitrogens with zero attached hydrogens (tertiary/aromatic N) is 4. The molecule has 8 nitrogen and oxygen atoms in total. The van der Waals surface area contributed by atoms with Gasteiger partial charge in [-0.25, -0.2) is 18.6 Å². The highest BCUT2D eigenvalue weighted by atomic mass is 19.1. The molecule has 2 heterocycles. The number of hydrogen-bond acceptors (Lipinski definition) is 7. The number of hydrogen-bond donors (Lipinski definition) is 3. The summed E-state index contributed by atoms with van der Waals surface area (Å²) >= 11 is 0. The minimum absolute atomic E-state index is 0.0727. The molecule has 38 heavy (non-hydrogen) atoms. The minimum atomic E-state index is -1.39. The van der Waals surface area contributed by atoms with E-state index >= 15 is 0 Å². The smallest absolute Gasteiger partial charge is 0.335 e. The Hall–Kier alpha value is -3.89. The number of carboxylic acid groups (broad SMARTS) is 1. The van der Waals surface area contributed by atoms with Gasteiger partial charge in [-0.15, -0.1) is 0 Å². The molecule has 0 radical (unpaired) electrons. The van der Waals surface area contributed by atoms with Crippen molar-refractivity contribution in [3.8, 4) is 11.3 Å². The lowest BCUT2D eigenvalue weighted by atomic mass is 9.97. The van der Waals surface area contributed by atoms with Crippen molar-refractivity contribution >= 4 is 29.5 Å². The third-order valence-corrected chi connectivity index (χ3v) is 6.60. The van der Waals surface area contributed by atoms with Crippen LogP contribution in [0.3, 0.4) is 0 Å². The van der Waals surface area contributed by atoms with E-state index in [0.29, 0.717) is 23.4 Å². The second kappa shape index (κ2) is 11.7. The number of aliphatic hydroxyl groups is 1. The summed E-state index contributed by atoms with van der Waals surface area (Å²) < 4.78 is 29.8. The lowest BCUT2D eigenvalue weighted by molar-refractivity contribution is 0.0697. The Bertz CT molecular complexity index is 1340. The molecule has 3 N–H and O–H groups in total. The van der Waals surface area contributed by atoms with Crippen molar-refractivity contribution in [2.24, 2.45) is 0 Å². The SMILES string of the molecule is CCN(CC)CCCNc1nc(-c2cc(C(=O)O)ccc2C)c2c(n1)N(c1c(F)cccc1F)C(O)C=C2. The number of nitrogens with one attached hydrogen (secondary N) is 1. The fraction of sp³-hybridized carbons (Fsp3) is 0.321. The van der Waals surface area contributed by atoms with Crippen molar-refractivity contribution < 1.29 is 23.8 Å². The highest BCUT2D eigenvalue weighted by molar-refractivity contribution is 5.92. The van der Waals surface area contributed by atoms with Crippen LogP contribution in [0.5, 0.6) is 0 Å². The molecular weight excluding hydrogens is 492 g/mol. The van der Waals surface area contributed by atoms with Gasteiger partial charge in [0.05, 0.1) is 11.3 Å². The number of carboxylic acids is 1. The molecule has 0 saturated carbocycles. The van der Waals surface area contributed by atoms with E-state index in [0.717, 1.165) is 48.7 Å². The van der Waals surface area contributed by atoms with Gasteiger partial charge in [-0.1, -0.05) is 26.0 Å². The first-order valence-corrected chi connectivity index (χ1v) is 12.6. The molecule has 0 fully saturated rings. The molecule has 4 rings (SSSR count). The number of fused-ring (bicyclic) bond motifs is 1. The Morgan fingerprint density at radius 2 is 1.84 bits per heavy atom. The van der Waals surface area contributed by atoms with Gasteiger partial charge in [0.25, 0.3) is 0 Å². The van der Waals surface area contributed by atoms with Gasteiger partial charge in [0.15, 0.2) is 6.23 Å². The third-order valence-electron chi connectivity index (χ3n) is 6.60. The predicted octanol–water partition coefficient (Wildman–Crippen LogP) is 5.06. The zero-order valence-electron chi connectivity index (χ0n) is 21.6. The van der Waals surface area contributed by atoms with Crippen molar-refractivity contribution in [2.45, 2.75) is 33.4 Å². The maximum absolute atomic E-state index is 14.9. The van der Waals surface area contributed by atoms with Crippen LogP contribution in [0.2, 0.25) is 0 Å². The van der Waals surface area contributed by atoms with E-state index in [1.165, 1.54) is 24.3 Å². The summed E-state index contributed by atoms with van der Waals surface area (Å²) in [6, 6.07) is 8.16. The Kier molecular flexibility index (Phi) is 8.33. The zero-order chi connectivity index (χ0) is 27.4. The summed E-state index contributed by atoms with van der Waals surface area (Å²) in [6.07, 6.45) is 2.38. The van der Waals surface area contributed by atoms with Crippen LogP contribution in [-0.2, 0) is 0 Å². The molecule has 1 aromatic heterocycles. The van der Waals surface area contributed by atoms with Crippen molar-refractivity contribution in [1.29, 1.82) is 0 Å². The molecule has 0 spiro atoms. The van der Waals surface area contributed by atoms with E-state index in [-0.39, 0.29) is 17.3 Å². The van der Waals surface area contributed by atoms with Crippen molar-refractivity contribution in [3.63, 3.8) is 0 Å². The fourth-order valence-corrected chi connectivity index (χ4v) is 4.48. The molecule has 1 aliphatic heterocycles. The zero-order valence-corrected chi connectivity index (χ0v) is 21.6. The molecule has 200 valence electrons. The normalized spacial score (nSPS) is 14.6. The Morgan fingerprint density at radius 3 is 2.50 bits per heavy atom. The summed E-state index contributed by atoms with van der Waals surface area (Å²) in [7, 11) is 0. The van der Waals surface area contributed by atoms with Crippen molar-refractivity contribution in [2.75, 3.05) is 36.4 Å². The van der Waals surface area contributed by atoms with Gasteiger partial charge in [-0.2, -0.15) is 4.98 Å². The number of para-hydroxylation sites is 1. The number of aliphatic hydroxyl groups excluding tert-OH is 1. The maximum Gasteiger partial charge on any atom is 0.335 e. The van der Waals surface area contributed by atoms with Crippen LogP contribution in [0.25, 0.3) is 17.3 Å². The summed E-state index contributed by atoms with van der Waals surface area (Å²) in [5.74, 6) is -2.51. The van der Waals surface area contributed by atoms with E-state index < -0.39 is 29.5 Å². The van der Waals surface area contributed by atoms with Gasteiger partial charge < -0.3 is 20.4 Å². The van der Waals surface area contributed by atoms with E-state index in [9.17, 15) is 23.8 Å². The molecule has 3 aromatic rings. The number of aromatic carboxylic acids is 1. The van der Waals surface area contributed by atoms with Crippen LogP contribution in [0.15, 0.2) is 42.5 Å². The molecule has 2 aromatic carbocycles. The van der Waals surface area contributed by atoms with Crippen LogP contribution in [-0.4, -0.2) is 63.5 Å². The van der Waals surface area contributed by atoms with Gasteiger partial charge >= 0.3 is 5.97 Å². The first kappa shape index (κ1) is 27.2. The number of aromatic nitrogens is 2. The minimum Gasteiger partial charge on any atom is -0.478 e. The summed E-state index contributed by atoms with van der Waals surface area (Å²) in [4.78, 5) is 24.3. The average molecular weight is 524 g/mol. The molecule has 1 aliphatic rings. The highest BCUT2D eigenvalue weighted by Crippen LogP contribution is 2.41. The molecule has 0 amide bonds. The Morgan fingerprint density at radius 1 is 1.13 bits per heavy atom. The van der Waals surface area contributed by atoms with E-state index in [1.807, 2.05) is 6.92 Å². The first-order chi connectivity index (χ1) is 18.2. The lowest BCUT2D eigenvalue weighted by Crippen LogP contribution is -2.34. The van der Waals surface area contributed by atoms with E-state index in [2.05, 4.69) is 29.0 Å². The number of halogens is 2. The number of carbonyl (C=O) groups is 1. The van der Waals surface area contributed by atoms with E-state index in [1.54, 1.807) is 12.1 Å². The Balaban J connectivity index is 1.85. The van der Waals surface area contributed by atoms with Crippen molar-refractivity contribution in [1.82, 2.24) is 14.9 Å². The predicted molar refractivity (Wildman–Crippen MR) is 144 cm³/mol. The van der Waals surface area contributed by atoms with Crippen LogP contribution in [0, 0.1) is 18.6 Å². The van der Waals surface area contributed by atoms with Gasteiger partial charge in [-0.05, 0) is 75.0 Å². The highest BCUT2D eigenvalue weighted by Gasteiger charge is 2.31. The molecule has 1 atom stereocenters. The molecular formula is C28H31F2N5O3. The Labute approximate surface area is 220 Å². The molecule has 0 saturated heterocycles. The maximum atomic E-state index is 14.9. The number of rotatable bonds is 10. The van der Waals surface area contributed by atoms with Gasteiger partial charge in [0.1, 0.15) is 23.1 Å². The quantitative estimate of drug-likeness (QED) is 0.317. The standard InChI is InChI=1S/C28H31F2N5O3/c1-4-34(5-2)15-7-14-31-28-32-24(20-16-18(27(37)38)11-10-17(20)3)19-12-13-23(36)35(26(19)33-28)25-21(29)8-6-9-22(25)30/h6,8-13,16,23,36H,4-5,7,14-15H2,1-3H3,(H,37,38)(H,31,32,33). The topological polar surface area (TPSA) is 102 Å². The lowest BCUT2D eigenvalue weighted by Gasteiger charge is -2.33. The largest absolute Gasteiger partial charge is 0.478 e. The summed E-state index contributed by atoms with van der Waals surface area (Å²) in [6.45, 7) is 9.28. The van der Waals surface area contributed by atoms with E-state index in [4.69, 9.17) is 4.98 Å². The molecule has 1 unspecified atom stereocenters. The molecule has 0 aliphatic carbocycles. The summed E-state index contributed by atoms with van der Waals surface area (Å²) in [5, 5.41) is 23.6. The monoisotopic (exact) mass is 523 g/mol. The van der Waals surface area contributed by atoms with Gasteiger partial charge in [0, 0.05) is 17.7 Å².